The van der Waals surface area contributed by atoms with Gasteiger partial charge in [-0.05, 0) is 37.0 Å². The number of aryl methyl sites for hydroxylation is 1. The Balaban J connectivity index is 0. The molecule has 0 aromatic heterocycles. The number of nitrogens with two attached hydrogens (primary N) is 1. The highest BCUT2D eigenvalue weighted by atomic mass is 19.1. The number of carbonyl (C=O) groups is 1. The minimum atomic E-state index is -0.109. The molecular formula is C16H26FNO. The summed E-state index contributed by atoms with van der Waals surface area (Å²) in [5.41, 5.74) is 7.06. The Hall–Kier alpha value is -1.64. The van der Waals surface area contributed by atoms with Gasteiger partial charge in [0.25, 0.3) is 0 Å². The number of hydrogen-bond acceptors (Lipinski definition) is 1. The van der Waals surface area contributed by atoms with Gasteiger partial charge >= 0.3 is 0 Å². The van der Waals surface area contributed by atoms with Crippen molar-refractivity contribution in [3.05, 3.63) is 47.3 Å². The molecule has 1 amide bonds. The molecule has 0 aliphatic carbocycles. The molecule has 0 saturated heterocycles. The molecule has 0 aliphatic rings. The van der Waals surface area contributed by atoms with Crippen molar-refractivity contribution in [2.75, 3.05) is 0 Å². The van der Waals surface area contributed by atoms with Gasteiger partial charge in [0.05, 0.1) is 0 Å². The molecule has 0 unspecified atom stereocenters. The molecule has 108 valence electrons. The fourth-order valence-electron chi connectivity index (χ4n) is 1.43. The zero-order valence-electron chi connectivity index (χ0n) is 12.5. The fraction of sp³-hybridized carbons (Fsp3) is 0.438. The normalized spacial score (nSPS) is 8.47. The Morgan fingerprint density at radius 3 is 2.21 bits per heavy atom. The van der Waals surface area contributed by atoms with Gasteiger partial charge in [-0.1, -0.05) is 51.5 Å². The van der Waals surface area contributed by atoms with Crippen LogP contribution in [-0.4, -0.2) is 6.41 Å². The third-order valence-corrected chi connectivity index (χ3v) is 2.08. The number of benzene rings is 1. The van der Waals surface area contributed by atoms with Crippen LogP contribution in [0.25, 0.3) is 0 Å². The summed E-state index contributed by atoms with van der Waals surface area (Å²) < 4.78 is 13.4. The first-order valence-electron chi connectivity index (χ1n) is 6.54. The summed E-state index contributed by atoms with van der Waals surface area (Å²) in [5, 5.41) is 0. The van der Waals surface area contributed by atoms with Gasteiger partial charge in [-0.3, -0.25) is 4.79 Å². The van der Waals surface area contributed by atoms with E-state index in [9.17, 15) is 4.39 Å². The first-order valence-corrected chi connectivity index (χ1v) is 6.54. The lowest BCUT2D eigenvalue weighted by molar-refractivity contribution is -0.106. The van der Waals surface area contributed by atoms with E-state index in [4.69, 9.17) is 4.79 Å². The number of amides is 1. The maximum absolute atomic E-state index is 13.4. The predicted octanol–water partition coefficient (Wildman–Crippen LogP) is 4.02. The lowest BCUT2D eigenvalue weighted by atomic mass is 9.99. The van der Waals surface area contributed by atoms with Gasteiger partial charge in [-0.2, -0.15) is 0 Å². The van der Waals surface area contributed by atoms with E-state index in [2.05, 4.69) is 26.2 Å². The molecule has 0 bridgehead atoms. The molecule has 0 heterocycles. The number of carbonyl (C=O) groups excluding carboxylic acids is 1. The summed E-state index contributed by atoms with van der Waals surface area (Å²) in [6.45, 7) is 12.0. The van der Waals surface area contributed by atoms with Crippen molar-refractivity contribution in [1.29, 1.82) is 0 Å². The van der Waals surface area contributed by atoms with E-state index in [0.29, 0.717) is 6.42 Å². The Kier molecular flexibility index (Phi) is 13.3. The molecule has 19 heavy (non-hydrogen) atoms. The summed E-state index contributed by atoms with van der Waals surface area (Å²) >= 11 is 0. The van der Waals surface area contributed by atoms with Gasteiger partial charge in [0.1, 0.15) is 5.82 Å². The van der Waals surface area contributed by atoms with Gasteiger partial charge < -0.3 is 5.73 Å². The largest absolute Gasteiger partial charge is 0.372 e. The lowest BCUT2D eigenvalue weighted by Gasteiger charge is -2.08. The van der Waals surface area contributed by atoms with Gasteiger partial charge in [-0.15, -0.1) is 0 Å². The van der Waals surface area contributed by atoms with Crippen LogP contribution in [0.2, 0.25) is 0 Å². The monoisotopic (exact) mass is 267 g/mol. The second-order valence-electron chi connectivity index (χ2n) is 4.21. The average Bonchev–Trinajstić information content (AvgIpc) is 2.33. The van der Waals surface area contributed by atoms with E-state index in [0.717, 1.165) is 23.1 Å². The van der Waals surface area contributed by atoms with Gasteiger partial charge in [-0.25, -0.2) is 4.39 Å². The third kappa shape index (κ3) is 10.0. The first-order chi connectivity index (χ1) is 8.98. The molecule has 3 heteroatoms. The predicted molar refractivity (Wildman–Crippen MR) is 80.5 cm³/mol. The Bertz CT molecular complexity index is 375. The van der Waals surface area contributed by atoms with E-state index in [1.807, 2.05) is 19.9 Å². The average molecular weight is 267 g/mol. The maximum Gasteiger partial charge on any atom is 0.204 e. The van der Waals surface area contributed by atoms with Crippen LogP contribution in [0.3, 0.4) is 0 Å². The second kappa shape index (κ2) is 12.8. The molecule has 0 radical (unpaired) electrons. The van der Waals surface area contributed by atoms with E-state index >= 15 is 0 Å². The van der Waals surface area contributed by atoms with Crippen molar-refractivity contribution in [1.82, 2.24) is 0 Å². The van der Waals surface area contributed by atoms with Crippen LogP contribution >= 0.6 is 0 Å². The molecule has 1 aromatic rings. The van der Waals surface area contributed by atoms with Crippen molar-refractivity contribution < 1.29 is 9.18 Å². The minimum absolute atomic E-state index is 0.109. The number of hydrogen-bond donors (Lipinski definition) is 1. The van der Waals surface area contributed by atoms with Crippen molar-refractivity contribution in [2.45, 2.75) is 47.0 Å². The number of primary amides is 1. The summed E-state index contributed by atoms with van der Waals surface area (Å²) in [4.78, 5) is 8.58. The van der Waals surface area contributed by atoms with Crippen molar-refractivity contribution >= 4 is 6.41 Å². The first kappa shape index (κ1) is 19.7. The highest BCUT2D eigenvalue weighted by molar-refractivity contribution is 5.42. The standard InChI is InChI=1S/C12H15F.C3H8.CH3NO/c1-4-10-6-5-7-12(13)11(10)8-9(2)3;1-3-2;2-1-3/h5-7H,2,4,8H2,1,3H3;3H2,1-2H3;1H,(H2,2,3). The van der Waals surface area contributed by atoms with Crippen LogP contribution in [-0.2, 0) is 17.6 Å². The molecule has 1 aromatic carbocycles. The van der Waals surface area contributed by atoms with E-state index in [1.54, 1.807) is 6.07 Å². The van der Waals surface area contributed by atoms with Gasteiger partial charge in [0.15, 0.2) is 0 Å². The second-order valence-corrected chi connectivity index (χ2v) is 4.21. The van der Waals surface area contributed by atoms with Crippen molar-refractivity contribution in [3.63, 3.8) is 0 Å². The quantitative estimate of drug-likeness (QED) is 0.652. The van der Waals surface area contributed by atoms with Crippen LogP contribution in [0.4, 0.5) is 4.39 Å². The van der Waals surface area contributed by atoms with Crippen LogP contribution in [0, 0.1) is 5.82 Å². The zero-order valence-corrected chi connectivity index (χ0v) is 12.5. The molecule has 2 N–H and O–H groups in total. The summed E-state index contributed by atoms with van der Waals surface area (Å²) in [7, 11) is 0. The van der Waals surface area contributed by atoms with Crippen molar-refractivity contribution in [3.8, 4) is 0 Å². The molecular weight excluding hydrogens is 241 g/mol. The maximum atomic E-state index is 13.4. The summed E-state index contributed by atoms with van der Waals surface area (Å²) in [5.74, 6) is -0.109. The Labute approximate surface area is 116 Å². The topological polar surface area (TPSA) is 43.1 Å². The third-order valence-electron chi connectivity index (χ3n) is 2.08. The number of allylic oxidation sites excluding steroid dienone is 1. The summed E-state index contributed by atoms with van der Waals surface area (Å²) in [6, 6.07) is 5.24. The minimum Gasteiger partial charge on any atom is -0.372 e. The number of halogens is 1. The highest BCUT2D eigenvalue weighted by Gasteiger charge is 2.06. The molecule has 0 fully saturated rings. The van der Waals surface area contributed by atoms with Crippen LogP contribution < -0.4 is 5.73 Å². The fourth-order valence-corrected chi connectivity index (χ4v) is 1.43. The zero-order chi connectivity index (χ0) is 15.3. The molecule has 0 atom stereocenters. The molecule has 0 spiro atoms. The smallest absolute Gasteiger partial charge is 0.204 e. The van der Waals surface area contributed by atoms with Gasteiger partial charge in [0.2, 0.25) is 6.41 Å². The Morgan fingerprint density at radius 2 is 1.84 bits per heavy atom. The highest BCUT2D eigenvalue weighted by Crippen LogP contribution is 2.17. The summed E-state index contributed by atoms with van der Waals surface area (Å²) in [6.07, 6.45) is 3.02. The van der Waals surface area contributed by atoms with Crippen molar-refractivity contribution in [2.24, 2.45) is 5.73 Å². The molecule has 1 rings (SSSR count). The molecule has 0 aliphatic heterocycles. The van der Waals surface area contributed by atoms with Gasteiger partial charge in [0, 0.05) is 0 Å². The van der Waals surface area contributed by atoms with Crippen LogP contribution in [0.1, 0.15) is 45.2 Å². The SMILES string of the molecule is C=C(C)Cc1c(F)cccc1CC.CCC.NC=O. The lowest BCUT2D eigenvalue weighted by Crippen LogP contribution is -1.97. The number of rotatable bonds is 3. The van der Waals surface area contributed by atoms with E-state index in [-0.39, 0.29) is 12.2 Å². The van der Waals surface area contributed by atoms with E-state index in [1.165, 1.54) is 12.5 Å². The molecule has 0 saturated carbocycles. The van der Waals surface area contributed by atoms with E-state index < -0.39 is 0 Å². The Morgan fingerprint density at radius 1 is 1.37 bits per heavy atom. The molecule has 2 nitrogen and oxygen atoms in total. The van der Waals surface area contributed by atoms with Crippen LogP contribution in [0.15, 0.2) is 30.4 Å². The van der Waals surface area contributed by atoms with Crippen LogP contribution in [0.5, 0.6) is 0 Å².